The molecule has 0 bridgehead atoms. The summed E-state index contributed by atoms with van der Waals surface area (Å²) in [7, 11) is 2.47. The number of carbonyl (C=O) groups excluding carboxylic acids is 2. The van der Waals surface area contributed by atoms with Gasteiger partial charge in [0.1, 0.15) is 17.4 Å². The Labute approximate surface area is 167 Å². The molecule has 2 aromatic rings. The first kappa shape index (κ1) is 21.8. The number of hydrogen-bond acceptors (Lipinski definition) is 6. The number of ether oxygens (including phenoxy) is 3. The normalized spacial score (nSPS) is 11.4. The zero-order valence-electron chi connectivity index (χ0n) is 16.0. The van der Waals surface area contributed by atoms with E-state index in [4.69, 9.17) is 20.6 Å². The van der Waals surface area contributed by atoms with Crippen molar-refractivity contribution in [3.05, 3.63) is 65.0 Å². The highest BCUT2D eigenvalue weighted by molar-refractivity contribution is 5.94. The number of rotatable bonds is 9. The topological polar surface area (TPSA) is 124 Å². The van der Waals surface area contributed by atoms with Gasteiger partial charge in [0, 0.05) is 19.2 Å². The highest BCUT2D eigenvalue weighted by atomic mass is 19.1. The predicted octanol–water partition coefficient (Wildman–Crippen LogP) is 1.67. The van der Waals surface area contributed by atoms with Gasteiger partial charge in [-0.2, -0.15) is 0 Å². The molecule has 0 radical (unpaired) electrons. The smallest absolute Gasteiger partial charge is 0.343 e. The molecule has 154 valence electrons. The van der Waals surface area contributed by atoms with E-state index in [1.54, 1.807) is 24.3 Å². The van der Waals surface area contributed by atoms with Crippen LogP contribution in [-0.4, -0.2) is 38.5 Å². The van der Waals surface area contributed by atoms with E-state index in [1.165, 1.54) is 32.4 Å². The molecule has 1 amide bonds. The highest BCUT2D eigenvalue weighted by Crippen LogP contribution is 2.30. The zero-order valence-corrected chi connectivity index (χ0v) is 16.0. The molecule has 29 heavy (non-hydrogen) atoms. The van der Waals surface area contributed by atoms with Crippen molar-refractivity contribution in [3.8, 4) is 5.75 Å². The molecule has 0 saturated heterocycles. The lowest BCUT2D eigenvalue weighted by Crippen LogP contribution is -2.31. The summed E-state index contributed by atoms with van der Waals surface area (Å²) in [6.45, 7) is -0.281. The maximum Gasteiger partial charge on any atom is 0.343 e. The number of benzene rings is 2. The van der Waals surface area contributed by atoms with Crippen LogP contribution in [0.25, 0.3) is 0 Å². The van der Waals surface area contributed by atoms with Gasteiger partial charge in [-0.1, -0.05) is 30.3 Å². The molecule has 0 aliphatic rings. The molecule has 0 aliphatic carbocycles. The molecule has 8 nitrogen and oxygen atoms in total. The fourth-order valence-electron chi connectivity index (χ4n) is 2.53. The second-order valence-corrected chi connectivity index (χ2v) is 5.96. The minimum absolute atomic E-state index is 0.00297. The molecule has 1 atom stereocenters. The largest absolute Gasteiger partial charge is 0.481 e. The van der Waals surface area contributed by atoms with Gasteiger partial charge in [0.25, 0.3) is 5.91 Å². The van der Waals surface area contributed by atoms with Crippen LogP contribution in [0.4, 0.5) is 4.39 Å². The van der Waals surface area contributed by atoms with Crippen molar-refractivity contribution in [2.24, 2.45) is 5.73 Å². The van der Waals surface area contributed by atoms with Crippen LogP contribution in [0.15, 0.2) is 42.5 Å². The standard InChI is InChI=1S/C20H22FN3O5/c1-27-16(25)11-29-15-5-3-4-14(21)17(15)18(28-2)20(26)24-10-12-6-8-13(9-7-12)19(22)23/h3-9,18H,10-11H2,1-2H3,(H3,22,23)(H,24,26). The SMILES string of the molecule is COC(=O)COc1cccc(F)c1C(OC)C(=O)NCc1ccc(C(=N)N)cc1. The van der Waals surface area contributed by atoms with Crippen molar-refractivity contribution < 1.29 is 28.2 Å². The summed E-state index contributed by atoms with van der Waals surface area (Å²) >= 11 is 0. The van der Waals surface area contributed by atoms with Gasteiger partial charge < -0.3 is 25.3 Å². The number of nitrogens with one attached hydrogen (secondary N) is 2. The lowest BCUT2D eigenvalue weighted by atomic mass is 10.1. The Morgan fingerprint density at radius 2 is 1.86 bits per heavy atom. The number of esters is 1. The van der Waals surface area contributed by atoms with E-state index in [1.807, 2.05) is 0 Å². The van der Waals surface area contributed by atoms with Crippen LogP contribution in [0.5, 0.6) is 5.75 Å². The summed E-state index contributed by atoms with van der Waals surface area (Å²) in [4.78, 5) is 23.9. The Bertz CT molecular complexity index is 886. The number of nitrogen functional groups attached to an aromatic ring is 1. The second kappa shape index (κ2) is 10.2. The first-order chi connectivity index (χ1) is 13.9. The molecule has 0 aromatic heterocycles. The van der Waals surface area contributed by atoms with E-state index in [0.29, 0.717) is 5.56 Å². The molecule has 0 aliphatic heterocycles. The monoisotopic (exact) mass is 403 g/mol. The Kier molecular flexibility index (Phi) is 7.67. The van der Waals surface area contributed by atoms with Crippen LogP contribution in [0.1, 0.15) is 22.8 Å². The van der Waals surface area contributed by atoms with Crippen LogP contribution < -0.4 is 15.8 Å². The number of nitrogens with two attached hydrogens (primary N) is 1. The molecule has 0 spiro atoms. The molecule has 2 rings (SSSR count). The van der Waals surface area contributed by atoms with Gasteiger partial charge in [0.2, 0.25) is 0 Å². The maximum atomic E-state index is 14.4. The molecular weight excluding hydrogens is 381 g/mol. The van der Waals surface area contributed by atoms with Gasteiger partial charge in [0.15, 0.2) is 12.7 Å². The van der Waals surface area contributed by atoms with E-state index in [-0.39, 0.29) is 23.7 Å². The molecule has 0 heterocycles. The minimum Gasteiger partial charge on any atom is -0.481 e. The zero-order chi connectivity index (χ0) is 21.4. The molecule has 4 N–H and O–H groups in total. The highest BCUT2D eigenvalue weighted by Gasteiger charge is 2.27. The van der Waals surface area contributed by atoms with Gasteiger partial charge >= 0.3 is 5.97 Å². The van der Waals surface area contributed by atoms with Crippen molar-refractivity contribution in [1.82, 2.24) is 5.32 Å². The lowest BCUT2D eigenvalue weighted by Gasteiger charge is -2.19. The fraction of sp³-hybridized carbons (Fsp3) is 0.250. The third-order valence-electron chi connectivity index (χ3n) is 4.05. The average molecular weight is 403 g/mol. The number of hydrogen-bond donors (Lipinski definition) is 3. The van der Waals surface area contributed by atoms with Crippen molar-refractivity contribution in [3.63, 3.8) is 0 Å². The van der Waals surface area contributed by atoms with Gasteiger partial charge in [-0.15, -0.1) is 0 Å². The first-order valence-electron chi connectivity index (χ1n) is 8.59. The van der Waals surface area contributed by atoms with Crippen LogP contribution in [0.2, 0.25) is 0 Å². The van der Waals surface area contributed by atoms with Crippen LogP contribution in [-0.2, 0) is 25.6 Å². The fourth-order valence-corrected chi connectivity index (χ4v) is 2.53. The molecule has 2 aromatic carbocycles. The molecule has 0 fully saturated rings. The summed E-state index contributed by atoms with van der Waals surface area (Å²) in [5.41, 5.74) is 6.61. The maximum absolute atomic E-state index is 14.4. The summed E-state index contributed by atoms with van der Waals surface area (Å²) in [5, 5.41) is 10.0. The summed E-state index contributed by atoms with van der Waals surface area (Å²) in [5.74, 6) is -1.99. The molecule has 1 unspecified atom stereocenters. The van der Waals surface area contributed by atoms with Crippen LogP contribution in [0.3, 0.4) is 0 Å². The van der Waals surface area contributed by atoms with Gasteiger partial charge in [-0.05, 0) is 17.7 Å². The lowest BCUT2D eigenvalue weighted by molar-refractivity contribution is -0.142. The number of methoxy groups -OCH3 is 2. The van der Waals surface area contributed by atoms with Crippen molar-refractivity contribution in [2.75, 3.05) is 20.8 Å². The second-order valence-electron chi connectivity index (χ2n) is 5.96. The van der Waals surface area contributed by atoms with E-state index < -0.39 is 30.4 Å². The summed E-state index contributed by atoms with van der Waals surface area (Å²) in [6.07, 6.45) is -1.29. The number of amides is 1. The van der Waals surface area contributed by atoms with Gasteiger partial charge in [-0.3, -0.25) is 10.2 Å². The molecule has 0 saturated carbocycles. The van der Waals surface area contributed by atoms with Crippen LogP contribution >= 0.6 is 0 Å². The van der Waals surface area contributed by atoms with Crippen molar-refractivity contribution in [1.29, 1.82) is 5.41 Å². The van der Waals surface area contributed by atoms with E-state index >= 15 is 0 Å². The Hall–Kier alpha value is -3.46. The Morgan fingerprint density at radius 1 is 1.17 bits per heavy atom. The number of carbonyl (C=O) groups is 2. The predicted molar refractivity (Wildman–Crippen MR) is 103 cm³/mol. The van der Waals surface area contributed by atoms with E-state index in [9.17, 15) is 14.0 Å². The average Bonchev–Trinajstić information content (AvgIpc) is 2.72. The minimum atomic E-state index is -1.29. The molecular formula is C20H22FN3O5. The van der Waals surface area contributed by atoms with Crippen molar-refractivity contribution >= 4 is 17.7 Å². The summed E-state index contributed by atoms with van der Waals surface area (Å²) in [6, 6.07) is 10.7. The van der Waals surface area contributed by atoms with E-state index in [0.717, 1.165) is 5.56 Å². The molecule has 9 heteroatoms. The van der Waals surface area contributed by atoms with Crippen LogP contribution in [0, 0.1) is 11.2 Å². The Balaban J connectivity index is 2.14. The summed E-state index contributed by atoms with van der Waals surface area (Å²) < 4.78 is 29.4. The van der Waals surface area contributed by atoms with E-state index in [2.05, 4.69) is 10.1 Å². The number of amidine groups is 1. The quantitative estimate of drug-likeness (QED) is 0.332. The third-order valence-corrected chi connectivity index (χ3v) is 4.05. The third kappa shape index (κ3) is 5.76. The van der Waals surface area contributed by atoms with Gasteiger partial charge in [-0.25, -0.2) is 9.18 Å². The Morgan fingerprint density at radius 3 is 2.45 bits per heavy atom. The number of halogens is 1. The van der Waals surface area contributed by atoms with Gasteiger partial charge in [0.05, 0.1) is 12.7 Å². The first-order valence-corrected chi connectivity index (χ1v) is 8.59. The van der Waals surface area contributed by atoms with Crippen molar-refractivity contribution in [2.45, 2.75) is 12.6 Å².